The van der Waals surface area contributed by atoms with Gasteiger partial charge in [0.2, 0.25) is 0 Å². The van der Waals surface area contributed by atoms with Crippen molar-refractivity contribution in [2.75, 3.05) is 6.54 Å². The number of carbonyl (C=O) groups is 1. The molecular formula is C6H9NO2. The summed E-state index contributed by atoms with van der Waals surface area (Å²) in [5, 5.41) is 2.91. The quantitative estimate of drug-likeness (QED) is 0.478. The van der Waals surface area contributed by atoms with Crippen molar-refractivity contribution in [3.05, 3.63) is 23.9 Å². The highest BCUT2D eigenvalue weighted by Crippen LogP contribution is 1.93. The van der Waals surface area contributed by atoms with Crippen LogP contribution in [0.3, 0.4) is 0 Å². The minimum absolute atomic E-state index is 0. The maximum absolute atomic E-state index is 10.0. The maximum atomic E-state index is 10.0. The Bertz CT molecular complexity index is 149. The summed E-state index contributed by atoms with van der Waals surface area (Å²) in [6, 6.07) is 0. The zero-order valence-electron chi connectivity index (χ0n) is 4.92. The van der Waals surface area contributed by atoms with E-state index in [2.05, 4.69) is 5.32 Å². The second kappa shape index (κ2) is 3.86. The Balaban J connectivity index is 0.000000640. The predicted octanol–water partition coefficient (Wildman–Crippen LogP) is -0.596. The van der Waals surface area contributed by atoms with Gasteiger partial charge in [-0.2, -0.15) is 0 Å². The van der Waals surface area contributed by atoms with Crippen LogP contribution in [0, 0.1) is 0 Å². The standard InChI is InChI=1S/C6H7NO.H2O/c8-5-6-2-1-3-7-4-6;/h1-2,4-5,7H,3H2;1H2. The summed E-state index contributed by atoms with van der Waals surface area (Å²) in [5.74, 6) is 0. The summed E-state index contributed by atoms with van der Waals surface area (Å²) in [7, 11) is 0. The molecule has 0 fully saturated rings. The molecule has 3 heteroatoms. The Kier molecular flexibility index (Phi) is 3.39. The van der Waals surface area contributed by atoms with E-state index in [1.165, 1.54) is 0 Å². The third-order valence-electron chi connectivity index (χ3n) is 0.951. The van der Waals surface area contributed by atoms with Gasteiger partial charge in [0.05, 0.1) is 0 Å². The van der Waals surface area contributed by atoms with E-state index in [0.29, 0.717) is 5.57 Å². The van der Waals surface area contributed by atoms with Gasteiger partial charge in [0, 0.05) is 18.3 Å². The first-order valence-electron chi connectivity index (χ1n) is 2.49. The summed E-state index contributed by atoms with van der Waals surface area (Å²) in [6.45, 7) is 0.831. The minimum Gasteiger partial charge on any atom is -0.412 e. The molecule has 0 spiro atoms. The molecule has 0 amide bonds. The fraction of sp³-hybridized carbons (Fsp3) is 0.167. The van der Waals surface area contributed by atoms with Crippen molar-refractivity contribution < 1.29 is 10.3 Å². The van der Waals surface area contributed by atoms with Gasteiger partial charge in [-0.1, -0.05) is 12.2 Å². The lowest BCUT2D eigenvalue weighted by Gasteiger charge is -2.00. The lowest BCUT2D eigenvalue weighted by atomic mass is 10.2. The lowest BCUT2D eigenvalue weighted by molar-refractivity contribution is -0.104. The predicted molar refractivity (Wildman–Crippen MR) is 34.9 cm³/mol. The molecular weight excluding hydrogens is 118 g/mol. The molecule has 0 saturated carbocycles. The van der Waals surface area contributed by atoms with E-state index < -0.39 is 0 Å². The van der Waals surface area contributed by atoms with Gasteiger partial charge in [-0.15, -0.1) is 0 Å². The normalized spacial score (nSPS) is 14.9. The van der Waals surface area contributed by atoms with Gasteiger partial charge in [-0.25, -0.2) is 0 Å². The van der Waals surface area contributed by atoms with Crippen LogP contribution in [0.2, 0.25) is 0 Å². The second-order valence-corrected chi connectivity index (χ2v) is 1.57. The van der Waals surface area contributed by atoms with Crippen molar-refractivity contribution in [2.24, 2.45) is 0 Å². The first-order valence-corrected chi connectivity index (χ1v) is 2.49. The Morgan fingerprint density at radius 1 is 1.67 bits per heavy atom. The zero-order valence-corrected chi connectivity index (χ0v) is 4.92. The highest BCUT2D eigenvalue weighted by molar-refractivity contribution is 5.77. The molecule has 3 nitrogen and oxygen atoms in total. The van der Waals surface area contributed by atoms with E-state index in [1.807, 2.05) is 6.08 Å². The molecule has 0 aromatic heterocycles. The van der Waals surface area contributed by atoms with Gasteiger partial charge in [0.15, 0.2) is 6.29 Å². The number of dihydropyridines is 1. The highest BCUT2D eigenvalue weighted by atomic mass is 16.1. The number of nitrogens with one attached hydrogen (secondary N) is 1. The third-order valence-corrected chi connectivity index (χ3v) is 0.951. The fourth-order valence-corrected chi connectivity index (χ4v) is 0.561. The van der Waals surface area contributed by atoms with Crippen molar-refractivity contribution in [1.29, 1.82) is 0 Å². The molecule has 0 saturated heterocycles. The number of allylic oxidation sites excluding steroid dienone is 2. The smallest absolute Gasteiger partial charge is 0.151 e. The Morgan fingerprint density at radius 3 is 2.78 bits per heavy atom. The number of rotatable bonds is 1. The maximum Gasteiger partial charge on any atom is 0.151 e. The van der Waals surface area contributed by atoms with Crippen molar-refractivity contribution in [1.82, 2.24) is 5.32 Å². The molecule has 0 atom stereocenters. The third kappa shape index (κ3) is 2.10. The molecule has 1 aliphatic heterocycles. The zero-order chi connectivity index (χ0) is 5.82. The average molecular weight is 127 g/mol. The van der Waals surface area contributed by atoms with Gasteiger partial charge in [0.25, 0.3) is 0 Å². The van der Waals surface area contributed by atoms with Crippen LogP contribution in [0.1, 0.15) is 0 Å². The molecule has 0 aromatic rings. The van der Waals surface area contributed by atoms with E-state index in [1.54, 1.807) is 12.3 Å². The average Bonchev–Trinajstić information content (AvgIpc) is 1.90. The first-order chi connectivity index (χ1) is 3.93. The van der Waals surface area contributed by atoms with Crippen LogP contribution in [-0.4, -0.2) is 18.3 Å². The molecule has 0 unspecified atom stereocenters. The first kappa shape index (κ1) is 7.91. The Labute approximate surface area is 53.4 Å². The van der Waals surface area contributed by atoms with Crippen LogP contribution in [0.25, 0.3) is 0 Å². The van der Waals surface area contributed by atoms with Crippen molar-refractivity contribution in [3.63, 3.8) is 0 Å². The molecule has 3 N–H and O–H groups in total. The van der Waals surface area contributed by atoms with Crippen LogP contribution in [-0.2, 0) is 4.79 Å². The molecule has 1 aliphatic rings. The van der Waals surface area contributed by atoms with Crippen LogP contribution < -0.4 is 5.32 Å². The van der Waals surface area contributed by atoms with Crippen molar-refractivity contribution in [3.8, 4) is 0 Å². The molecule has 1 rings (SSSR count). The molecule has 50 valence electrons. The summed E-state index contributed by atoms with van der Waals surface area (Å²) in [4.78, 5) is 10.0. The number of carbonyl (C=O) groups excluding carboxylic acids is 1. The minimum atomic E-state index is 0. The van der Waals surface area contributed by atoms with Crippen LogP contribution >= 0.6 is 0 Å². The number of hydrogen-bond acceptors (Lipinski definition) is 2. The Morgan fingerprint density at radius 2 is 2.44 bits per heavy atom. The van der Waals surface area contributed by atoms with Gasteiger partial charge in [0.1, 0.15) is 0 Å². The van der Waals surface area contributed by atoms with E-state index >= 15 is 0 Å². The monoisotopic (exact) mass is 127 g/mol. The molecule has 0 aliphatic carbocycles. The van der Waals surface area contributed by atoms with Crippen LogP contribution in [0.15, 0.2) is 23.9 Å². The molecule has 0 aromatic carbocycles. The van der Waals surface area contributed by atoms with Crippen molar-refractivity contribution >= 4 is 6.29 Å². The van der Waals surface area contributed by atoms with E-state index in [9.17, 15) is 4.79 Å². The largest absolute Gasteiger partial charge is 0.412 e. The topological polar surface area (TPSA) is 60.6 Å². The Hall–Kier alpha value is -1.09. The summed E-state index contributed by atoms with van der Waals surface area (Å²) in [6.07, 6.45) is 6.23. The summed E-state index contributed by atoms with van der Waals surface area (Å²) < 4.78 is 0. The van der Waals surface area contributed by atoms with Crippen LogP contribution in [0.4, 0.5) is 0 Å². The van der Waals surface area contributed by atoms with Gasteiger partial charge < -0.3 is 10.8 Å². The number of hydrogen-bond donors (Lipinski definition) is 1. The van der Waals surface area contributed by atoms with E-state index in [0.717, 1.165) is 12.8 Å². The fourth-order valence-electron chi connectivity index (χ4n) is 0.561. The summed E-state index contributed by atoms with van der Waals surface area (Å²) >= 11 is 0. The lowest BCUT2D eigenvalue weighted by Crippen LogP contribution is -2.09. The van der Waals surface area contributed by atoms with Gasteiger partial charge >= 0.3 is 0 Å². The SMILES string of the molecule is O.O=CC1=CNCC=C1. The van der Waals surface area contributed by atoms with Gasteiger partial charge in [-0.3, -0.25) is 4.79 Å². The molecule has 0 radical (unpaired) electrons. The van der Waals surface area contributed by atoms with Crippen LogP contribution in [0.5, 0.6) is 0 Å². The highest BCUT2D eigenvalue weighted by Gasteiger charge is 1.90. The van der Waals surface area contributed by atoms with Crippen molar-refractivity contribution in [2.45, 2.75) is 0 Å². The van der Waals surface area contributed by atoms with Gasteiger partial charge in [-0.05, 0) is 0 Å². The molecule has 0 bridgehead atoms. The molecule has 1 heterocycles. The van der Waals surface area contributed by atoms with E-state index in [4.69, 9.17) is 0 Å². The summed E-state index contributed by atoms with van der Waals surface area (Å²) in [5.41, 5.74) is 0.705. The van der Waals surface area contributed by atoms with E-state index in [-0.39, 0.29) is 5.48 Å². The molecule has 9 heavy (non-hydrogen) atoms. The number of aldehydes is 1. The second-order valence-electron chi connectivity index (χ2n) is 1.57.